The van der Waals surface area contributed by atoms with Gasteiger partial charge in [-0.25, -0.2) is 0 Å². The molecule has 2 saturated heterocycles. The van der Waals surface area contributed by atoms with E-state index >= 15 is 0 Å². The molecule has 56 heavy (non-hydrogen) atoms. The van der Waals surface area contributed by atoms with Gasteiger partial charge in [0.05, 0.1) is 28.3 Å². The van der Waals surface area contributed by atoms with Crippen molar-refractivity contribution in [2.75, 3.05) is 24.6 Å². The van der Waals surface area contributed by atoms with E-state index in [1.54, 1.807) is 36.4 Å². The van der Waals surface area contributed by atoms with Crippen LogP contribution in [-0.4, -0.2) is 72.3 Å². The number of benzene rings is 3. The Bertz CT molecular complexity index is 2180. The second-order valence-corrected chi connectivity index (χ2v) is 17.7. The molecule has 1 spiro atoms. The number of hydrogen-bond donors (Lipinski definition) is 2. The maximum atomic E-state index is 13.4. The number of anilines is 1. The SMILES string of the molecule is CC1(C)C(NC(=O)c2ccc(N3CC4(CC(CCOc5ccc6c(c5)C(=O)N(C5CCC(=O)NC5=O)C6=O)C4)C3)cc2)C(C)(C)C1Oc1ccc(C#N)c(Cl)c1. The Morgan fingerprint density at radius 2 is 1.61 bits per heavy atom. The average Bonchev–Trinajstić information content (AvgIpc) is 3.37. The van der Waals surface area contributed by atoms with Crippen LogP contribution in [0.3, 0.4) is 0 Å². The molecule has 0 aromatic heterocycles. The normalized spacial score (nSPS) is 24.3. The molecule has 290 valence electrons. The van der Waals surface area contributed by atoms with Gasteiger partial charge < -0.3 is 19.7 Å². The lowest BCUT2D eigenvalue weighted by atomic mass is 9.49. The zero-order chi connectivity index (χ0) is 39.7. The third-order valence-electron chi connectivity index (χ3n) is 12.6. The molecule has 5 amide bonds. The molecule has 13 heteroatoms. The minimum atomic E-state index is -0.998. The first kappa shape index (κ1) is 37.5. The van der Waals surface area contributed by atoms with E-state index in [0.29, 0.717) is 45.6 Å². The van der Waals surface area contributed by atoms with Gasteiger partial charge in [-0.05, 0) is 86.2 Å². The molecule has 0 radical (unpaired) electrons. The highest BCUT2D eigenvalue weighted by molar-refractivity contribution is 6.31. The zero-order valence-corrected chi connectivity index (χ0v) is 32.6. The molecule has 0 bridgehead atoms. The van der Waals surface area contributed by atoms with Gasteiger partial charge in [-0.15, -0.1) is 0 Å². The van der Waals surface area contributed by atoms with E-state index in [-0.39, 0.29) is 52.9 Å². The van der Waals surface area contributed by atoms with E-state index in [4.69, 9.17) is 21.1 Å². The van der Waals surface area contributed by atoms with Crippen LogP contribution in [0.1, 0.15) is 96.4 Å². The van der Waals surface area contributed by atoms with Gasteiger partial charge in [0, 0.05) is 59.1 Å². The molecule has 12 nitrogen and oxygen atoms in total. The first-order chi connectivity index (χ1) is 26.6. The second-order valence-electron chi connectivity index (χ2n) is 17.3. The Labute approximate surface area is 330 Å². The smallest absolute Gasteiger partial charge is 0.262 e. The quantitative estimate of drug-likeness (QED) is 0.239. The van der Waals surface area contributed by atoms with Crippen LogP contribution in [0.4, 0.5) is 5.69 Å². The van der Waals surface area contributed by atoms with Crippen molar-refractivity contribution >= 4 is 46.8 Å². The predicted octanol–water partition coefficient (Wildman–Crippen LogP) is 5.91. The van der Waals surface area contributed by atoms with Crippen molar-refractivity contribution < 1.29 is 33.4 Å². The Hall–Kier alpha value is -5.41. The molecule has 5 aliphatic rings. The molecular weight excluding hydrogens is 734 g/mol. The van der Waals surface area contributed by atoms with Crippen molar-refractivity contribution in [1.82, 2.24) is 15.5 Å². The number of carbonyl (C=O) groups is 5. The Balaban J connectivity index is 0.780. The molecule has 4 fully saturated rings. The molecular formula is C43H44ClN5O7. The predicted molar refractivity (Wildman–Crippen MR) is 206 cm³/mol. The average molecular weight is 778 g/mol. The number of nitrogens with zero attached hydrogens (tertiary/aromatic N) is 3. The van der Waals surface area contributed by atoms with Crippen LogP contribution >= 0.6 is 11.6 Å². The maximum absolute atomic E-state index is 13.4. The van der Waals surface area contributed by atoms with Crippen molar-refractivity contribution in [2.45, 2.75) is 78.0 Å². The Kier molecular flexibility index (Phi) is 9.15. The summed E-state index contributed by atoms with van der Waals surface area (Å²) in [5.74, 6) is -0.617. The fourth-order valence-electron chi connectivity index (χ4n) is 10.1. The molecule has 2 N–H and O–H groups in total. The van der Waals surface area contributed by atoms with E-state index in [9.17, 15) is 29.2 Å². The summed E-state index contributed by atoms with van der Waals surface area (Å²) >= 11 is 6.24. The van der Waals surface area contributed by atoms with Crippen LogP contribution in [0.25, 0.3) is 0 Å². The summed E-state index contributed by atoms with van der Waals surface area (Å²) in [6.07, 6.45) is 3.11. The maximum Gasteiger partial charge on any atom is 0.262 e. The van der Waals surface area contributed by atoms with Gasteiger partial charge in [0.25, 0.3) is 17.7 Å². The molecule has 3 aliphatic heterocycles. The number of hydrogen-bond acceptors (Lipinski definition) is 9. The first-order valence-electron chi connectivity index (χ1n) is 19.1. The lowest BCUT2D eigenvalue weighted by Gasteiger charge is -2.63. The molecule has 1 atom stereocenters. The largest absolute Gasteiger partial charge is 0.494 e. The number of amides is 5. The standard InChI is InChI=1S/C43H44ClN5O7/c1-41(2)39(42(3,4)40(41)56-29-10-7-26(21-45)32(44)18-29)47-35(51)25-5-8-27(9-6-25)48-22-43(23-48)19-24(20-43)15-16-55-28-11-12-30-31(17-28)38(54)49(37(30)53)33-13-14-34(50)46-36(33)52/h5-12,17-18,24,33,39-40H,13-16,19-20,22-23H2,1-4H3,(H,47,51)(H,46,50,52). The summed E-state index contributed by atoms with van der Waals surface area (Å²) < 4.78 is 12.4. The number of fused-ring (bicyclic) bond motifs is 1. The number of piperidine rings is 1. The first-order valence-corrected chi connectivity index (χ1v) is 19.5. The second kappa shape index (κ2) is 13.7. The van der Waals surface area contributed by atoms with Gasteiger partial charge in [-0.2, -0.15) is 5.26 Å². The van der Waals surface area contributed by atoms with Gasteiger partial charge in [-0.1, -0.05) is 39.3 Å². The van der Waals surface area contributed by atoms with Crippen molar-refractivity contribution in [3.63, 3.8) is 0 Å². The summed E-state index contributed by atoms with van der Waals surface area (Å²) in [5, 5.41) is 15.0. The highest BCUT2D eigenvalue weighted by Gasteiger charge is 2.64. The number of imide groups is 2. The van der Waals surface area contributed by atoms with E-state index in [0.717, 1.165) is 42.9 Å². The van der Waals surface area contributed by atoms with Crippen molar-refractivity contribution in [1.29, 1.82) is 5.26 Å². The molecule has 8 rings (SSSR count). The van der Waals surface area contributed by atoms with E-state index in [1.165, 1.54) is 0 Å². The molecule has 3 aromatic rings. The third-order valence-corrected chi connectivity index (χ3v) is 12.9. The van der Waals surface area contributed by atoms with Gasteiger partial charge in [0.15, 0.2) is 0 Å². The summed E-state index contributed by atoms with van der Waals surface area (Å²) in [5.41, 5.74) is 2.12. The number of nitriles is 1. The van der Waals surface area contributed by atoms with Crippen LogP contribution < -0.4 is 25.0 Å². The minimum absolute atomic E-state index is 0.0736. The van der Waals surface area contributed by atoms with E-state index in [2.05, 4.69) is 49.3 Å². The summed E-state index contributed by atoms with van der Waals surface area (Å²) in [7, 11) is 0. The van der Waals surface area contributed by atoms with Crippen LogP contribution in [0, 0.1) is 33.5 Å². The van der Waals surface area contributed by atoms with Crippen LogP contribution in [0.2, 0.25) is 5.02 Å². The molecule has 3 aromatic carbocycles. The highest BCUT2D eigenvalue weighted by Crippen LogP contribution is 2.56. The van der Waals surface area contributed by atoms with Crippen molar-refractivity contribution in [3.8, 4) is 17.6 Å². The van der Waals surface area contributed by atoms with Crippen LogP contribution in [0.15, 0.2) is 60.7 Å². The number of rotatable bonds is 10. The van der Waals surface area contributed by atoms with Gasteiger partial charge in [-0.3, -0.25) is 34.2 Å². The molecule has 2 aliphatic carbocycles. The highest BCUT2D eigenvalue weighted by atomic mass is 35.5. The fourth-order valence-corrected chi connectivity index (χ4v) is 10.3. The summed E-state index contributed by atoms with van der Waals surface area (Å²) in [4.78, 5) is 66.7. The fraction of sp³-hybridized carbons (Fsp3) is 0.442. The van der Waals surface area contributed by atoms with Crippen LogP contribution in [0.5, 0.6) is 11.5 Å². The number of carbonyl (C=O) groups excluding carboxylic acids is 5. The molecule has 1 unspecified atom stereocenters. The monoisotopic (exact) mass is 777 g/mol. The Morgan fingerprint density at radius 1 is 0.929 bits per heavy atom. The lowest BCUT2D eigenvalue weighted by Crippen LogP contribution is -2.74. The lowest BCUT2D eigenvalue weighted by molar-refractivity contribution is -0.164. The number of ether oxygens (including phenoxy) is 2. The third kappa shape index (κ3) is 6.36. The topological polar surface area (TPSA) is 158 Å². The molecule has 2 saturated carbocycles. The van der Waals surface area contributed by atoms with Gasteiger partial charge >= 0.3 is 0 Å². The number of nitrogens with one attached hydrogen (secondary N) is 2. The van der Waals surface area contributed by atoms with E-state index in [1.807, 2.05) is 24.3 Å². The summed E-state index contributed by atoms with van der Waals surface area (Å²) in [6.45, 7) is 10.8. The Morgan fingerprint density at radius 3 is 2.27 bits per heavy atom. The number of halogens is 1. The van der Waals surface area contributed by atoms with Gasteiger partial charge in [0.1, 0.15) is 29.7 Å². The molecule has 3 heterocycles. The van der Waals surface area contributed by atoms with Crippen LogP contribution in [-0.2, 0) is 9.59 Å². The zero-order valence-electron chi connectivity index (χ0n) is 31.8. The summed E-state index contributed by atoms with van der Waals surface area (Å²) in [6, 6.07) is 18.6. The van der Waals surface area contributed by atoms with Crippen molar-refractivity contribution in [2.24, 2.45) is 22.2 Å². The minimum Gasteiger partial charge on any atom is -0.494 e. The van der Waals surface area contributed by atoms with Gasteiger partial charge in [0.2, 0.25) is 11.8 Å². The van der Waals surface area contributed by atoms with E-state index < -0.39 is 29.7 Å². The van der Waals surface area contributed by atoms with Crippen molar-refractivity contribution in [3.05, 3.63) is 87.9 Å².